The molecule has 0 aliphatic rings. The minimum absolute atomic E-state index is 0.0827. The van der Waals surface area contributed by atoms with E-state index in [9.17, 15) is 0 Å². The molecule has 0 saturated carbocycles. The highest BCUT2D eigenvalue weighted by molar-refractivity contribution is 6.26. The Bertz CT molecular complexity index is 3780. The zero-order valence-corrected chi connectivity index (χ0v) is 25.9. The molecule has 0 aliphatic heterocycles. The minimum atomic E-state index is -0.534. The normalized spacial score (nSPS) is 17.0. The van der Waals surface area contributed by atoms with Crippen LogP contribution >= 0.6 is 0 Å². The molecular formula is C50H30. The zero-order chi connectivity index (χ0) is 48.4. The zero-order valence-electron chi connectivity index (χ0n) is 43.9. The fraction of sp³-hybridized carbons (Fsp3) is 0. The smallest absolute Gasteiger partial charge is 0.0610 e. The average molecular weight is 649 g/mol. The Labute approximate surface area is 315 Å². The molecule has 0 spiro atoms. The molecule has 0 nitrogen and oxygen atoms in total. The van der Waals surface area contributed by atoms with E-state index in [1.807, 2.05) is 48.5 Å². The first-order chi connectivity index (χ1) is 32.3. The van der Waals surface area contributed by atoms with Gasteiger partial charge in [0.05, 0.1) is 24.7 Å². The lowest BCUT2D eigenvalue weighted by Crippen LogP contribution is -1.88. The third kappa shape index (κ3) is 4.06. The number of benzene rings is 11. The van der Waals surface area contributed by atoms with E-state index in [1.165, 1.54) is 0 Å². The van der Waals surface area contributed by atoms with E-state index in [-0.39, 0.29) is 112 Å². The van der Waals surface area contributed by atoms with Crippen LogP contribution in [0.15, 0.2) is 182 Å². The van der Waals surface area contributed by atoms with Gasteiger partial charge in [0.15, 0.2) is 0 Å². The van der Waals surface area contributed by atoms with Gasteiger partial charge >= 0.3 is 0 Å². The van der Waals surface area contributed by atoms with Gasteiger partial charge in [-0.1, -0.05) is 175 Å². The van der Waals surface area contributed by atoms with Crippen molar-refractivity contribution in [3.05, 3.63) is 182 Å². The molecule has 11 rings (SSSR count). The van der Waals surface area contributed by atoms with Crippen molar-refractivity contribution in [3.8, 4) is 44.5 Å². The molecule has 0 saturated heterocycles. The summed E-state index contributed by atoms with van der Waals surface area (Å²) in [5, 5.41) is -0.0441. The number of rotatable bonds is 4. The summed E-state index contributed by atoms with van der Waals surface area (Å²) in [6, 6.07) is 14.1. The lowest BCUT2D eigenvalue weighted by Gasteiger charge is -2.15. The van der Waals surface area contributed by atoms with Gasteiger partial charge < -0.3 is 0 Å². The van der Waals surface area contributed by atoms with Crippen LogP contribution in [0.1, 0.15) is 24.7 Å². The lowest BCUT2D eigenvalue weighted by molar-refractivity contribution is 1.58. The molecule has 11 aromatic carbocycles. The maximum Gasteiger partial charge on any atom is 0.0630 e. The van der Waals surface area contributed by atoms with Crippen LogP contribution in [0.3, 0.4) is 0 Å². The van der Waals surface area contributed by atoms with Crippen molar-refractivity contribution in [2.75, 3.05) is 0 Å². The van der Waals surface area contributed by atoms with E-state index in [0.717, 1.165) is 22.3 Å². The molecule has 50 heavy (non-hydrogen) atoms. The van der Waals surface area contributed by atoms with E-state index in [2.05, 4.69) is 0 Å². The Kier molecular flexibility index (Phi) is 3.23. The van der Waals surface area contributed by atoms with Crippen molar-refractivity contribution in [1.29, 1.82) is 0 Å². The highest BCUT2D eigenvalue weighted by atomic mass is 14.2. The van der Waals surface area contributed by atoms with E-state index >= 15 is 0 Å². The van der Waals surface area contributed by atoms with Crippen molar-refractivity contribution in [2.45, 2.75) is 0 Å². The van der Waals surface area contributed by atoms with E-state index in [1.54, 1.807) is 24.3 Å². The Balaban J connectivity index is 1.01. The summed E-state index contributed by atoms with van der Waals surface area (Å²) < 4.78 is 159. The second kappa shape index (κ2) is 10.5. The maximum atomic E-state index is 9.14. The molecule has 0 aromatic heterocycles. The van der Waals surface area contributed by atoms with E-state index in [0.29, 0.717) is 11.1 Å². The first-order valence-corrected chi connectivity index (χ1v) is 16.0. The first-order valence-electron chi connectivity index (χ1n) is 25.0. The summed E-state index contributed by atoms with van der Waals surface area (Å²) in [6.45, 7) is 0. The van der Waals surface area contributed by atoms with Crippen molar-refractivity contribution in [1.82, 2.24) is 0 Å². The van der Waals surface area contributed by atoms with Gasteiger partial charge in [-0.3, -0.25) is 0 Å². The largest absolute Gasteiger partial charge is 0.0630 e. The highest BCUT2D eigenvalue weighted by Gasteiger charge is 2.14. The molecule has 0 radical (unpaired) electrons. The van der Waals surface area contributed by atoms with Crippen LogP contribution in [0, 0.1) is 0 Å². The molecule has 0 unspecified atom stereocenters. The number of hydrogen-bond acceptors (Lipinski definition) is 0. The van der Waals surface area contributed by atoms with Crippen LogP contribution in [0.25, 0.3) is 109 Å². The van der Waals surface area contributed by atoms with Crippen molar-refractivity contribution < 1.29 is 24.7 Å². The lowest BCUT2D eigenvalue weighted by atomic mass is 9.89. The fourth-order valence-corrected chi connectivity index (χ4v) is 7.10. The first kappa shape index (κ1) is 15.4. The maximum absolute atomic E-state index is 9.14. The molecule has 0 N–H and O–H groups in total. The Morgan fingerprint density at radius 2 is 0.620 bits per heavy atom. The quantitative estimate of drug-likeness (QED) is 0.167. The summed E-state index contributed by atoms with van der Waals surface area (Å²) in [6.07, 6.45) is 0. The topological polar surface area (TPSA) is 0 Å². The molecule has 0 heteroatoms. The third-order valence-electron chi connectivity index (χ3n) is 9.50. The molecule has 11 aromatic rings. The molecule has 0 atom stereocenters. The van der Waals surface area contributed by atoms with Gasteiger partial charge in [-0.2, -0.15) is 0 Å². The van der Waals surface area contributed by atoms with Crippen molar-refractivity contribution in [3.63, 3.8) is 0 Å². The van der Waals surface area contributed by atoms with Crippen LogP contribution in [-0.2, 0) is 0 Å². The Morgan fingerprint density at radius 1 is 0.280 bits per heavy atom. The Morgan fingerprint density at radius 3 is 1.04 bits per heavy atom. The van der Waals surface area contributed by atoms with Crippen LogP contribution in [0.4, 0.5) is 0 Å². The molecule has 230 valence electrons. The molecular weight excluding hydrogens is 601 g/mol. The summed E-state index contributed by atoms with van der Waals surface area (Å²) in [5.41, 5.74) is 4.30. The SMILES string of the molecule is [2H]c1c([2H])c2c([2H])c([2H])c3c([2H])c([2H])c(-c4ccc(-c5cccc(-c6ccc(-c7c([2H])c([2H])c8c([2H])c([2H])c9c([2H])c([2H])c([2H])c%10c([2H])c([2H])c7c8c9%10)cc6)c5)cc4)c4c([2H])c([2H])c(c1[2H])c2c34. The van der Waals surface area contributed by atoms with E-state index in [4.69, 9.17) is 24.7 Å². The van der Waals surface area contributed by atoms with Crippen molar-refractivity contribution in [2.24, 2.45) is 0 Å². The second-order valence-electron chi connectivity index (χ2n) is 12.2. The number of hydrogen-bond donors (Lipinski definition) is 0. The summed E-state index contributed by atoms with van der Waals surface area (Å²) in [7, 11) is 0. The van der Waals surface area contributed by atoms with Gasteiger partial charge in [0.2, 0.25) is 0 Å². The monoisotopic (exact) mass is 648 g/mol. The van der Waals surface area contributed by atoms with Crippen molar-refractivity contribution >= 4 is 64.6 Å². The van der Waals surface area contributed by atoms with Gasteiger partial charge in [0.25, 0.3) is 0 Å². The van der Waals surface area contributed by atoms with Crippen LogP contribution in [0.5, 0.6) is 0 Å². The highest BCUT2D eigenvalue weighted by Crippen LogP contribution is 2.41. The van der Waals surface area contributed by atoms with Crippen LogP contribution < -0.4 is 0 Å². The van der Waals surface area contributed by atoms with Gasteiger partial charge in [-0.25, -0.2) is 0 Å². The van der Waals surface area contributed by atoms with Gasteiger partial charge in [0.1, 0.15) is 0 Å². The minimum Gasteiger partial charge on any atom is -0.0610 e. The summed E-state index contributed by atoms with van der Waals surface area (Å²) in [4.78, 5) is 0. The van der Waals surface area contributed by atoms with Crippen LogP contribution in [-0.4, -0.2) is 0 Å². The predicted molar refractivity (Wildman–Crippen MR) is 216 cm³/mol. The molecule has 0 amide bonds. The summed E-state index contributed by atoms with van der Waals surface area (Å²) >= 11 is 0. The standard InChI is InChI=1S/C50H30/c1-4-35-18-20-39-22-26-43(45-28-24-37(6-1)47(35)49(39)45)33-14-10-31(11-15-33)41-8-3-9-42(30-41)32-12-16-34(17-13-32)44-27-23-40-21-19-36-5-2-7-38-25-29-46(44)50(40)48(36)38/h1-30H/i1D,2D,4D,5D,6D,7D,18D,19D,20D,21D,22D,23D,24D,25D,26D,27D,28D,29D. The predicted octanol–water partition coefficient (Wildman–Crippen LogP) is 14.1. The molecule has 0 bridgehead atoms. The molecule has 0 aliphatic carbocycles. The Hall–Kier alpha value is -6.50. The average Bonchev–Trinajstić information content (AvgIpc) is 3.33. The van der Waals surface area contributed by atoms with Crippen LogP contribution in [0.2, 0.25) is 0 Å². The fourth-order valence-electron chi connectivity index (χ4n) is 7.10. The molecule has 0 fully saturated rings. The van der Waals surface area contributed by atoms with Gasteiger partial charge in [-0.15, -0.1) is 0 Å². The van der Waals surface area contributed by atoms with Gasteiger partial charge in [0, 0.05) is 0 Å². The van der Waals surface area contributed by atoms with E-state index < -0.39 is 72.5 Å². The second-order valence-corrected chi connectivity index (χ2v) is 12.2. The molecule has 0 heterocycles. The third-order valence-corrected chi connectivity index (χ3v) is 9.50. The summed E-state index contributed by atoms with van der Waals surface area (Å²) in [5.74, 6) is 0. The van der Waals surface area contributed by atoms with Gasteiger partial charge in [-0.05, 0) is 115 Å².